The topological polar surface area (TPSA) is 92.5 Å². The Morgan fingerprint density at radius 2 is 1.95 bits per heavy atom. The van der Waals surface area contributed by atoms with Gasteiger partial charge in [-0.1, -0.05) is 18.6 Å². The average Bonchev–Trinajstić information content (AvgIpc) is 2.64. The summed E-state index contributed by atoms with van der Waals surface area (Å²) in [7, 11) is 0. The molecule has 21 heavy (non-hydrogen) atoms. The van der Waals surface area contributed by atoms with E-state index in [1.165, 1.54) is 0 Å². The van der Waals surface area contributed by atoms with Gasteiger partial charge in [0.1, 0.15) is 0 Å². The van der Waals surface area contributed by atoms with Crippen molar-refractivity contribution in [3.05, 3.63) is 29.8 Å². The first-order valence-corrected chi connectivity index (χ1v) is 7.04. The smallest absolute Gasteiger partial charge is 0.250 e. The number of nitrogens with zero attached hydrogens (tertiary/aromatic N) is 1. The maximum absolute atomic E-state index is 12.1. The van der Waals surface area contributed by atoms with Gasteiger partial charge in [0.05, 0.1) is 17.8 Å². The monoisotopic (exact) mass is 289 g/mol. The van der Waals surface area contributed by atoms with E-state index in [1.807, 2.05) is 0 Å². The van der Waals surface area contributed by atoms with Crippen LogP contribution in [-0.4, -0.2) is 35.7 Å². The van der Waals surface area contributed by atoms with Crippen molar-refractivity contribution < 1.29 is 14.4 Å². The van der Waals surface area contributed by atoms with Crippen molar-refractivity contribution in [2.24, 2.45) is 5.73 Å². The third-order valence-corrected chi connectivity index (χ3v) is 3.47. The predicted molar refractivity (Wildman–Crippen MR) is 78.6 cm³/mol. The fourth-order valence-corrected chi connectivity index (χ4v) is 2.38. The number of amides is 3. The zero-order valence-electron chi connectivity index (χ0n) is 11.8. The van der Waals surface area contributed by atoms with Crippen LogP contribution in [0.25, 0.3) is 0 Å². The van der Waals surface area contributed by atoms with Crippen molar-refractivity contribution in [1.29, 1.82) is 0 Å². The number of nitrogens with two attached hydrogens (primary N) is 1. The summed E-state index contributed by atoms with van der Waals surface area (Å²) in [6, 6.07) is 6.55. The molecule has 1 heterocycles. The molecule has 0 bridgehead atoms. The summed E-state index contributed by atoms with van der Waals surface area (Å²) in [6.07, 6.45) is 3.29. The molecule has 3 amide bonds. The number of hydrogen-bond acceptors (Lipinski definition) is 3. The standard InChI is InChI=1S/C15H19N3O3/c16-15(21)11-6-3-4-7-12(11)17-13(19)10-18-9-5-1-2-8-14(18)20/h3-4,6-7H,1-2,5,8-10H2,(H2,16,21)(H,17,19). The van der Waals surface area contributed by atoms with Gasteiger partial charge in [-0.25, -0.2) is 0 Å². The number of benzene rings is 1. The summed E-state index contributed by atoms with van der Waals surface area (Å²) in [5, 5.41) is 2.65. The van der Waals surface area contributed by atoms with Crippen LogP contribution < -0.4 is 11.1 Å². The molecule has 3 N–H and O–H groups in total. The molecule has 0 unspecified atom stereocenters. The van der Waals surface area contributed by atoms with E-state index in [9.17, 15) is 14.4 Å². The van der Waals surface area contributed by atoms with Crippen molar-refractivity contribution in [1.82, 2.24) is 4.90 Å². The fraction of sp³-hybridized carbons (Fsp3) is 0.400. The Labute approximate surface area is 123 Å². The normalized spacial score (nSPS) is 15.4. The van der Waals surface area contributed by atoms with E-state index in [2.05, 4.69) is 5.32 Å². The lowest BCUT2D eigenvalue weighted by Gasteiger charge is -2.20. The summed E-state index contributed by atoms with van der Waals surface area (Å²) >= 11 is 0. The number of primary amides is 1. The van der Waals surface area contributed by atoms with Gasteiger partial charge in [0.2, 0.25) is 11.8 Å². The SMILES string of the molecule is NC(=O)c1ccccc1NC(=O)CN1CCCCCC1=O. The number of para-hydroxylation sites is 1. The van der Waals surface area contributed by atoms with Gasteiger partial charge in [0.15, 0.2) is 0 Å². The molecule has 2 rings (SSSR count). The largest absolute Gasteiger partial charge is 0.366 e. The molecule has 112 valence electrons. The van der Waals surface area contributed by atoms with Gasteiger partial charge < -0.3 is 16.0 Å². The highest BCUT2D eigenvalue weighted by Gasteiger charge is 2.20. The minimum Gasteiger partial charge on any atom is -0.366 e. The first-order valence-electron chi connectivity index (χ1n) is 7.04. The number of carbonyl (C=O) groups is 3. The summed E-state index contributed by atoms with van der Waals surface area (Å²) in [4.78, 5) is 36.8. The Kier molecular flexibility index (Phi) is 4.92. The molecule has 0 aromatic heterocycles. The van der Waals surface area contributed by atoms with Crippen LogP contribution in [0.4, 0.5) is 5.69 Å². The first-order chi connectivity index (χ1) is 10.1. The third-order valence-electron chi connectivity index (χ3n) is 3.47. The van der Waals surface area contributed by atoms with Crippen LogP contribution >= 0.6 is 0 Å². The highest BCUT2D eigenvalue weighted by atomic mass is 16.2. The minimum atomic E-state index is -0.600. The lowest BCUT2D eigenvalue weighted by atomic mass is 10.1. The van der Waals surface area contributed by atoms with Gasteiger partial charge in [-0.15, -0.1) is 0 Å². The highest BCUT2D eigenvalue weighted by molar-refractivity contribution is 6.03. The van der Waals surface area contributed by atoms with Crippen molar-refractivity contribution >= 4 is 23.4 Å². The molecule has 6 nitrogen and oxygen atoms in total. The molecular formula is C15H19N3O3. The molecule has 1 fully saturated rings. The number of likely N-dealkylation sites (tertiary alicyclic amines) is 1. The molecule has 1 aromatic carbocycles. The van der Waals surface area contributed by atoms with Crippen LogP contribution in [0.3, 0.4) is 0 Å². The van der Waals surface area contributed by atoms with Crippen molar-refractivity contribution in [2.45, 2.75) is 25.7 Å². The molecule has 0 radical (unpaired) electrons. The fourth-order valence-electron chi connectivity index (χ4n) is 2.38. The second-order valence-electron chi connectivity index (χ2n) is 5.08. The Balaban J connectivity index is 2.01. The van der Waals surface area contributed by atoms with Crippen LogP contribution in [0.2, 0.25) is 0 Å². The number of rotatable bonds is 4. The number of anilines is 1. The van der Waals surface area contributed by atoms with Crippen LogP contribution in [0.15, 0.2) is 24.3 Å². The molecular weight excluding hydrogens is 270 g/mol. The van der Waals surface area contributed by atoms with E-state index in [4.69, 9.17) is 5.73 Å². The molecule has 6 heteroatoms. The van der Waals surface area contributed by atoms with Crippen LogP contribution in [0, 0.1) is 0 Å². The minimum absolute atomic E-state index is 0.00540. The molecule has 1 aliphatic heterocycles. The Morgan fingerprint density at radius 3 is 2.71 bits per heavy atom. The number of hydrogen-bond donors (Lipinski definition) is 2. The zero-order chi connectivity index (χ0) is 15.2. The van der Waals surface area contributed by atoms with Crippen LogP contribution in [-0.2, 0) is 9.59 Å². The summed E-state index contributed by atoms with van der Waals surface area (Å²) < 4.78 is 0. The van der Waals surface area contributed by atoms with Crippen LogP contribution in [0.1, 0.15) is 36.0 Å². The van der Waals surface area contributed by atoms with Crippen LogP contribution in [0.5, 0.6) is 0 Å². The first kappa shape index (κ1) is 15.0. The second-order valence-corrected chi connectivity index (χ2v) is 5.08. The van der Waals surface area contributed by atoms with E-state index in [1.54, 1.807) is 29.2 Å². The zero-order valence-corrected chi connectivity index (χ0v) is 11.8. The molecule has 0 spiro atoms. The Bertz CT molecular complexity index is 557. The van der Waals surface area contributed by atoms with Crippen molar-refractivity contribution in [3.8, 4) is 0 Å². The number of carbonyl (C=O) groups excluding carboxylic acids is 3. The summed E-state index contributed by atoms with van der Waals surface area (Å²) in [5.74, 6) is -0.915. The summed E-state index contributed by atoms with van der Waals surface area (Å²) in [5.41, 5.74) is 5.89. The quantitative estimate of drug-likeness (QED) is 0.870. The predicted octanol–water partition coefficient (Wildman–Crippen LogP) is 1.13. The lowest BCUT2D eigenvalue weighted by molar-refractivity contribution is -0.134. The van der Waals surface area contributed by atoms with Gasteiger partial charge in [0, 0.05) is 13.0 Å². The third kappa shape index (κ3) is 4.05. The molecule has 1 aromatic rings. The van der Waals surface area contributed by atoms with Gasteiger partial charge in [-0.3, -0.25) is 14.4 Å². The lowest BCUT2D eigenvalue weighted by Crippen LogP contribution is -2.37. The maximum Gasteiger partial charge on any atom is 0.250 e. The Hall–Kier alpha value is -2.37. The van der Waals surface area contributed by atoms with Gasteiger partial charge in [0.25, 0.3) is 5.91 Å². The average molecular weight is 289 g/mol. The van der Waals surface area contributed by atoms with Crippen molar-refractivity contribution in [3.63, 3.8) is 0 Å². The van der Waals surface area contributed by atoms with Crippen molar-refractivity contribution in [2.75, 3.05) is 18.4 Å². The number of nitrogens with one attached hydrogen (secondary N) is 1. The van der Waals surface area contributed by atoms with E-state index >= 15 is 0 Å². The highest BCUT2D eigenvalue weighted by Crippen LogP contribution is 2.15. The Morgan fingerprint density at radius 1 is 1.19 bits per heavy atom. The van der Waals surface area contributed by atoms with Gasteiger partial charge in [-0.2, -0.15) is 0 Å². The molecule has 0 atom stereocenters. The molecule has 1 aliphatic rings. The van der Waals surface area contributed by atoms with E-state index in [-0.39, 0.29) is 23.9 Å². The molecule has 0 aliphatic carbocycles. The summed E-state index contributed by atoms with van der Waals surface area (Å²) in [6.45, 7) is 0.607. The maximum atomic E-state index is 12.1. The second kappa shape index (κ2) is 6.88. The molecule has 1 saturated heterocycles. The van der Waals surface area contributed by atoms with E-state index in [0.717, 1.165) is 19.3 Å². The van der Waals surface area contributed by atoms with E-state index < -0.39 is 5.91 Å². The van der Waals surface area contributed by atoms with E-state index in [0.29, 0.717) is 18.7 Å². The molecule has 0 saturated carbocycles. The van der Waals surface area contributed by atoms with Gasteiger partial charge in [-0.05, 0) is 25.0 Å². The van der Waals surface area contributed by atoms with Gasteiger partial charge >= 0.3 is 0 Å².